The topological polar surface area (TPSA) is 58.8 Å². The van der Waals surface area contributed by atoms with Crippen LogP contribution in [0.25, 0.3) is 0 Å². The van der Waals surface area contributed by atoms with Gasteiger partial charge in [-0.25, -0.2) is 4.39 Å². The molecule has 2 aromatic carbocycles. The van der Waals surface area contributed by atoms with Crippen molar-refractivity contribution in [2.45, 2.75) is 44.8 Å². The predicted octanol–water partition coefficient (Wildman–Crippen LogP) is 5.19. The lowest BCUT2D eigenvalue weighted by Crippen LogP contribution is -2.50. The number of halogens is 2. The summed E-state index contributed by atoms with van der Waals surface area (Å²) in [6.07, 6.45) is 6.78. The van der Waals surface area contributed by atoms with Crippen molar-refractivity contribution in [2.75, 3.05) is 19.7 Å². The Morgan fingerprint density at radius 3 is 2.53 bits per heavy atom. The van der Waals surface area contributed by atoms with Crippen molar-refractivity contribution in [3.63, 3.8) is 0 Å². The first-order chi connectivity index (χ1) is 15.4. The molecule has 0 N–H and O–H groups in total. The fraction of sp³-hybridized carbons (Fsp3) is 0.417. The third kappa shape index (κ3) is 5.05. The molecule has 2 saturated heterocycles. The summed E-state index contributed by atoms with van der Waals surface area (Å²) < 4.78 is 18.7. The van der Waals surface area contributed by atoms with Crippen LogP contribution in [0.3, 0.4) is 0 Å². The third-order valence-electron chi connectivity index (χ3n) is 6.18. The lowest BCUT2D eigenvalue weighted by atomic mass is 10.1. The second-order valence-electron chi connectivity index (χ2n) is 8.34. The van der Waals surface area contributed by atoms with Crippen molar-refractivity contribution in [2.24, 2.45) is 0 Å². The Hall–Kier alpha value is -2.64. The highest BCUT2D eigenvalue weighted by atomic mass is 35.5. The highest BCUT2D eigenvalue weighted by Gasteiger charge is 2.37. The number of nitrogens with zero attached hydrogens (tertiary/aromatic N) is 3. The van der Waals surface area contributed by atoms with Crippen LogP contribution in [-0.2, 0) is 13.0 Å². The number of likely N-dealkylation sites (tertiary alicyclic amines) is 1. The van der Waals surface area contributed by atoms with Crippen molar-refractivity contribution in [3.05, 3.63) is 80.8 Å². The molecule has 4 rings (SSSR count). The number of hydrogen-bond acceptors (Lipinski definition) is 5. The summed E-state index contributed by atoms with van der Waals surface area (Å²) in [7, 11) is 0. The summed E-state index contributed by atoms with van der Waals surface area (Å²) in [5.74, 6) is 0.260. The molecule has 2 atom stereocenters. The summed E-state index contributed by atoms with van der Waals surface area (Å²) in [5.41, 5.74) is 1.71. The quantitative estimate of drug-likeness (QED) is 0.401. The summed E-state index contributed by atoms with van der Waals surface area (Å²) in [5, 5.41) is 11.7. The van der Waals surface area contributed by atoms with Gasteiger partial charge in [-0.05, 0) is 56.1 Å². The summed E-state index contributed by atoms with van der Waals surface area (Å²) in [6, 6.07) is 10.6. The Balaban J connectivity index is 1.41. The van der Waals surface area contributed by atoms with E-state index in [0.29, 0.717) is 36.4 Å². The Labute approximate surface area is 192 Å². The monoisotopic (exact) mass is 459 g/mol. The average molecular weight is 460 g/mol. The van der Waals surface area contributed by atoms with Crippen LogP contribution in [0.1, 0.15) is 30.9 Å². The van der Waals surface area contributed by atoms with Crippen LogP contribution < -0.4 is 4.74 Å². The molecule has 32 heavy (non-hydrogen) atoms. The molecule has 0 aromatic heterocycles. The Kier molecular flexibility index (Phi) is 6.96. The van der Waals surface area contributed by atoms with E-state index in [1.807, 2.05) is 25.1 Å². The van der Waals surface area contributed by atoms with Crippen molar-refractivity contribution in [3.8, 4) is 5.75 Å². The summed E-state index contributed by atoms with van der Waals surface area (Å²) >= 11 is 6.13. The Morgan fingerprint density at radius 1 is 1.22 bits per heavy atom. The van der Waals surface area contributed by atoms with E-state index in [-0.39, 0.29) is 16.5 Å². The van der Waals surface area contributed by atoms with Crippen molar-refractivity contribution >= 4 is 17.3 Å². The van der Waals surface area contributed by atoms with Crippen molar-refractivity contribution in [1.29, 1.82) is 0 Å². The Bertz CT molecular complexity index is 985. The van der Waals surface area contributed by atoms with Gasteiger partial charge in [0.25, 0.3) is 5.69 Å². The first kappa shape index (κ1) is 22.6. The molecule has 0 saturated carbocycles. The number of fused-ring (bicyclic) bond motifs is 2. The lowest BCUT2D eigenvalue weighted by molar-refractivity contribution is -0.385. The van der Waals surface area contributed by atoms with E-state index < -0.39 is 4.92 Å². The normalized spacial score (nSPS) is 20.8. The highest BCUT2D eigenvalue weighted by molar-refractivity contribution is 6.32. The van der Waals surface area contributed by atoms with Crippen molar-refractivity contribution in [1.82, 2.24) is 9.80 Å². The van der Waals surface area contributed by atoms with Gasteiger partial charge in [0.05, 0.1) is 16.6 Å². The van der Waals surface area contributed by atoms with Crippen LogP contribution in [0.4, 0.5) is 10.1 Å². The van der Waals surface area contributed by atoms with Crippen LogP contribution in [-0.4, -0.2) is 46.5 Å². The Morgan fingerprint density at radius 2 is 1.91 bits per heavy atom. The fourth-order valence-corrected chi connectivity index (χ4v) is 4.94. The molecule has 6 nitrogen and oxygen atoms in total. The fourth-order valence-electron chi connectivity index (χ4n) is 4.73. The third-order valence-corrected chi connectivity index (χ3v) is 6.47. The number of nitro benzene ring substituents is 1. The van der Waals surface area contributed by atoms with Gasteiger partial charge >= 0.3 is 0 Å². The van der Waals surface area contributed by atoms with Crippen LogP contribution >= 0.6 is 11.6 Å². The van der Waals surface area contributed by atoms with E-state index in [1.54, 1.807) is 6.07 Å². The standard InChI is InChI=1S/C24H27ClFN3O3/c1-2-32-24-12-18(23(29(30)31)13-22(24)25)4-3-11-28-20-9-10-21(28)16-27(15-20)14-17-5-7-19(26)8-6-17/h3,5-8,11-13,20-21H,2,4,9-10,14-16H2,1H3. The molecule has 0 spiro atoms. The number of nitro groups is 1. The molecule has 2 unspecified atom stereocenters. The van der Waals surface area contributed by atoms with Gasteiger partial charge in [-0.1, -0.05) is 29.8 Å². The maximum atomic E-state index is 13.2. The second-order valence-corrected chi connectivity index (χ2v) is 8.75. The van der Waals surface area contributed by atoms with Gasteiger partial charge < -0.3 is 9.64 Å². The van der Waals surface area contributed by atoms with Gasteiger partial charge in [0, 0.05) is 43.3 Å². The molecule has 0 amide bonds. The van der Waals surface area contributed by atoms with Gasteiger partial charge in [0.1, 0.15) is 11.6 Å². The SMILES string of the molecule is CCOc1cc(CC=CN2C3CCC2CN(Cc2ccc(F)cc2)C3)c([N+](=O)[O-])cc1Cl. The maximum Gasteiger partial charge on any atom is 0.274 e. The van der Waals surface area contributed by atoms with Crippen LogP contribution in [0.5, 0.6) is 5.75 Å². The van der Waals surface area contributed by atoms with Gasteiger partial charge in [-0.3, -0.25) is 15.0 Å². The molecule has 8 heteroatoms. The molecule has 2 heterocycles. The minimum Gasteiger partial charge on any atom is -0.492 e. The summed E-state index contributed by atoms with van der Waals surface area (Å²) in [4.78, 5) is 15.9. The number of hydrogen-bond donors (Lipinski definition) is 0. The molecule has 170 valence electrons. The van der Waals surface area contributed by atoms with E-state index in [4.69, 9.17) is 16.3 Å². The van der Waals surface area contributed by atoms with Crippen molar-refractivity contribution < 1.29 is 14.1 Å². The molecular weight excluding hydrogens is 433 g/mol. The number of benzene rings is 2. The van der Waals surface area contributed by atoms with Gasteiger partial charge in [0.15, 0.2) is 0 Å². The number of piperazine rings is 1. The number of allylic oxidation sites excluding steroid dienone is 1. The molecule has 2 aliphatic heterocycles. The van der Waals surface area contributed by atoms with E-state index in [2.05, 4.69) is 16.0 Å². The predicted molar refractivity (Wildman–Crippen MR) is 122 cm³/mol. The molecule has 2 bridgehead atoms. The first-order valence-electron chi connectivity index (χ1n) is 10.9. The average Bonchev–Trinajstić information content (AvgIpc) is 2.99. The smallest absolute Gasteiger partial charge is 0.274 e. The molecule has 2 aliphatic rings. The minimum atomic E-state index is -0.400. The molecule has 2 fully saturated rings. The van der Waals surface area contributed by atoms with E-state index in [9.17, 15) is 14.5 Å². The van der Waals surface area contributed by atoms with Gasteiger partial charge in [-0.2, -0.15) is 0 Å². The zero-order chi connectivity index (χ0) is 22.7. The van der Waals surface area contributed by atoms with Crippen LogP contribution in [0, 0.1) is 15.9 Å². The molecule has 0 radical (unpaired) electrons. The van der Waals surface area contributed by atoms with Gasteiger partial charge in [-0.15, -0.1) is 0 Å². The van der Waals surface area contributed by atoms with Crippen LogP contribution in [0.2, 0.25) is 5.02 Å². The largest absolute Gasteiger partial charge is 0.492 e. The molecule has 2 aromatic rings. The lowest BCUT2D eigenvalue weighted by Gasteiger charge is -2.40. The number of ether oxygens (including phenoxy) is 1. The maximum absolute atomic E-state index is 13.2. The van der Waals surface area contributed by atoms with E-state index in [0.717, 1.165) is 38.0 Å². The first-order valence-corrected chi connectivity index (χ1v) is 11.3. The molecule has 0 aliphatic carbocycles. The highest BCUT2D eigenvalue weighted by Crippen LogP contribution is 2.34. The van der Waals surface area contributed by atoms with E-state index in [1.165, 1.54) is 18.2 Å². The minimum absolute atomic E-state index is 0.00944. The van der Waals surface area contributed by atoms with Crippen LogP contribution in [0.15, 0.2) is 48.7 Å². The van der Waals surface area contributed by atoms with E-state index >= 15 is 0 Å². The second kappa shape index (κ2) is 9.88. The zero-order valence-electron chi connectivity index (χ0n) is 18.0. The van der Waals surface area contributed by atoms with Gasteiger partial charge in [0.2, 0.25) is 0 Å². The molecular formula is C24H27ClFN3O3. The zero-order valence-corrected chi connectivity index (χ0v) is 18.8. The summed E-state index contributed by atoms with van der Waals surface area (Å²) in [6.45, 7) is 5.02. The number of rotatable bonds is 8.